The minimum Gasteiger partial charge on any atom is -0.378 e. The Hall–Kier alpha value is -2.06. The van der Waals surface area contributed by atoms with E-state index in [0.29, 0.717) is 45.1 Å². The van der Waals surface area contributed by atoms with E-state index in [-0.39, 0.29) is 18.1 Å². The maximum atomic E-state index is 13.8. The third-order valence-electron chi connectivity index (χ3n) is 6.13. The normalized spacial score (nSPS) is 30.0. The van der Waals surface area contributed by atoms with Crippen LogP contribution in [0, 0.1) is 17.6 Å². The van der Waals surface area contributed by atoms with E-state index in [0.717, 1.165) is 31.0 Å². The first-order valence-electron chi connectivity index (χ1n) is 10.2. The summed E-state index contributed by atoms with van der Waals surface area (Å²) < 4.78 is 39.0. The summed E-state index contributed by atoms with van der Waals surface area (Å²) in [5.74, 6) is -2.10. The quantitative estimate of drug-likeness (QED) is 0.755. The predicted molar refractivity (Wildman–Crippen MR) is 100 cm³/mol. The molecule has 1 aliphatic carbocycles. The molecule has 0 aromatic heterocycles. The average Bonchev–Trinajstić information content (AvgIpc) is 3.04. The molecule has 2 heterocycles. The van der Waals surface area contributed by atoms with Crippen molar-refractivity contribution in [2.24, 2.45) is 5.92 Å². The zero-order chi connectivity index (χ0) is 20.6. The summed E-state index contributed by atoms with van der Waals surface area (Å²) in [6.45, 7) is 3.98. The summed E-state index contributed by atoms with van der Waals surface area (Å²) in [7, 11) is 0. The van der Waals surface area contributed by atoms with Crippen LogP contribution in [0.25, 0.3) is 0 Å². The van der Waals surface area contributed by atoms with Gasteiger partial charge in [-0.05, 0) is 37.3 Å². The highest BCUT2D eigenvalue weighted by Crippen LogP contribution is 2.43. The van der Waals surface area contributed by atoms with Crippen LogP contribution in [0.15, 0.2) is 18.2 Å². The summed E-state index contributed by atoms with van der Waals surface area (Å²) in [4.78, 5) is 29.8. The van der Waals surface area contributed by atoms with Crippen molar-refractivity contribution in [2.45, 2.75) is 44.4 Å². The van der Waals surface area contributed by atoms with Crippen molar-refractivity contribution >= 4 is 11.8 Å². The van der Waals surface area contributed by atoms with Gasteiger partial charge in [-0.2, -0.15) is 0 Å². The van der Waals surface area contributed by atoms with E-state index in [1.807, 2.05) is 0 Å². The molecule has 1 aromatic rings. The van der Waals surface area contributed by atoms with Crippen LogP contribution in [0.4, 0.5) is 8.78 Å². The van der Waals surface area contributed by atoms with Gasteiger partial charge in [-0.15, -0.1) is 0 Å². The van der Waals surface area contributed by atoms with Crippen LogP contribution in [-0.2, 0) is 14.3 Å². The maximum Gasteiger partial charge on any atom is 0.257 e. The Kier molecular flexibility index (Phi) is 5.57. The van der Waals surface area contributed by atoms with Gasteiger partial charge in [-0.1, -0.05) is 13.3 Å². The van der Waals surface area contributed by atoms with Crippen molar-refractivity contribution in [3.05, 3.63) is 35.4 Å². The van der Waals surface area contributed by atoms with Gasteiger partial charge in [-0.25, -0.2) is 8.78 Å². The number of benzene rings is 1. The summed E-state index contributed by atoms with van der Waals surface area (Å²) in [5.41, 5.74) is -1.02. The molecule has 0 bridgehead atoms. The predicted octanol–water partition coefficient (Wildman–Crippen LogP) is 2.57. The fraction of sp³-hybridized carbons (Fsp3) is 0.619. The maximum absolute atomic E-state index is 13.8. The summed E-state index contributed by atoms with van der Waals surface area (Å²) in [6, 6.07) is 1.95. The van der Waals surface area contributed by atoms with E-state index in [4.69, 9.17) is 9.47 Å². The van der Waals surface area contributed by atoms with Gasteiger partial charge in [-0.3, -0.25) is 14.5 Å². The number of hydrogen-bond acceptors (Lipinski definition) is 4. The zero-order valence-corrected chi connectivity index (χ0v) is 16.5. The summed E-state index contributed by atoms with van der Waals surface area (Å²) >= 11 is 0. The molecule has 1 saturated carbocycles. The first-order valence-corrected chi connectivity index (χ1v) is 10.2. The van der Waals surface area contributed by atoms with Crippen molar-refractivity contribution < 1.29 is 27.8 Å². The molecule has 0 radical (unpaired) electrons. The van der Waals surface area contributed by atoms with Crippen molar-refractivity contribution in [1.29, 1.82) is 0 Å². The van der Waals surface area contributed by atoms with Crippen LogP contribution >= 0.6 is 0 Å². The van der Waals surface area contributed by atoms with E-state index in [1.165, 1.54) is 4.90 Å². The molecule has 3 fully saturated rings. The lowest BCUT2D eigenvalue weighted by Crippen LogP contribution is -2.58. The largest absolute Gasteiger partial charge is 0.378 e. The minimum atomic E-state index is -0.913. The number of carbonyl (C=O) groups excluding carboxylic acids is 2. The summed E-state index contributed by atoms with van der Waals surface area (Å²) in [6.07, 6.45) is 3.09. The molecule has 2 saturated heterocycles. The molecule has 0 unspecified atom stereocenters. The highest BCUT2D eigenvalue weighted by molar-refractivity contribution is 5.98. The van der Waals surface area contributed by atoms with E-state index < -0.39 is 29.3 Å². The molecule has 3 atom stereocenters. The molecule has 4 rings (SSSR count). The highest BCUT2D eigenvalue weighted by Gasteiger charge is 2.54. The second-order valence-corrected chi connectivity index (χ2v) is 8.25. The van der Waals surface area contributed by atoms with Crippen molar-refractivity contribution in [2.75, 3.05) is 32.9 Å². The smallest absolute Gasteiger partial charge is 0.257 e. The van der Waals surface area contributed by atoms with Gasteiger partial charge < -0.3 is 14.4 Å². The molecule has 8 heteroatoms. The molecule has 3 aliphatic rings. The summed E-state index contributed by atoms with van der Waals surface area (Å²) in [5, 5.41) is 0. The second kappa shape index (κ2) is 7.99. The molecule has 6 nitrogen and oxygen atoms in total. The van der Waals surface area contributed by atoms with Gasteiger partial charge in [0.25, 0.3) is 5.91 Å². The van der Waals surface area contributed by atoms with Crippen LogP contribution in [-0.4, -0.2) is 66.3 Å². The van der Waals surface area contributed by atoms with E-state index >= 15 is 0 Å². The molecule has 1 spiro atoms. The zero-order valence-electron chi connectivity index (χ0n) is 16.5. The number of rotatable bonds is 2. The monoisotopic (exact) mass is 408 g/mol. The Morgan fingerprint density at radius 1 is 1.14 bits per heavy atom. The second-order valence-electron chi connectivity index (χ2n) is 8.25. The number of nitrogens with zero attached hydrogens (tertiary/aromatic N) is 2. The first kappa shape index (κ1) is 20.2. The van der Waals surface area contributed by atoms with Gasteiger partial charge >= 0.3 is 0 Å². The topological polar surface area (TPSA) is 59.1 Å². The van der Waals surface area contributed by atoms with E-state index in [9.17, 15) is 18.4 Å². The van der Waals surface area contributed by atoms with Gasteiger partial charge in [0, 0.05) is 24.7 Å². The number of hydrogen-bond donors (Lipinski definition) is 0. The van der Waals surface area contributed by atoms with Gasteiger partial charge in [0.2, 0.25) is 5.91 Å². The lowest BCUT2D eigenvalue weighted by Gasteiger charge is -2.44. The van der Waals surface area contributed by atoms with Gasteiger partial charge in [0.05, 0.1) is 19.8 Å². The Balaban J connectivity index is 1.69. The standard InChI is InChI=1S/C21H26F2N2O4/c1-14-3-2-4-21(12-14)25(19(26)15-9-16(22)11-17(23)10-15)18(13-29-21)20(27)24-5-7-28-8-6-24/h9-11,14,18H,2-8,12-13H2,1H3/t14-,18+,21-/m1/s1. The lowest BCUT2D eigenvalue weighted by molar-refractivity contribution is -0.141. The van der Waals surface area contributed by atoms with Crippen molar-refractivity contribution in [3.63, 3.8) is 0 Å². The number of carbonyl (C=O) groups is 2. The fourth-order valence-electron chi connectivity index (χ4n) is 4.81. The third-order valence-corrected chi connectivity index (χ3v) is 6.13. The van der Waals surface area contributed by atoms with Gasteiger partial charge in [0.1, 0.15) is 23.4 Å². The first-order chi connectivity index (χ1) is 13.9. The Morgan fingerprint density at radius 2 is 1.83 bits per heavy atom. The highest BCUT2D eigenvalue weighted by atomic mass is 19.1. The van der Waals surface area contributed by atoms with Crippen LogP contribution < -0.4 is 0 Å². The molecule has 2 aliphatic heterocycles. The van der Waals surface area contributed by atoms with Crippen LogP contribution in [0.1, 0.15) is 43.0 Å². The third kappa shape index (κ3) is 3.88. The number of morpholine rings is 1. The molecular formula is C21H26F2N2O4. The van der Waals surface area contributed by atoms with Crippen molar-refractivity contribution in [1.82, 2.24) is 9.80 Å². The molecule has 29 heavy (non-hydrogen) atoms. The van der Waals surface area contributed by atoms with Crippen LogP contribution in [0.2, 0.25) is 0 Å². The molecule has 0 N–H and O–H groups in total. The number of ether oxygens (including phenoxy) is 2. The molecular weight excluding hydrogens is 382 g/mol. The molecule has 158 valence electrons. The lowest BCUT2D eigenvalue weighted by atomic mass is 9.83. The minimum absolute atomic E-state index is 0.0897. The van der Waals surface area contributed by atoms with E-state index in [2.05, 4.69) is 6.92 Å². The van der Waals surface area contributed by atoms with Crippen LogP contribution in [0.3, 0.4) is 0 Å². The van der Waals surface area contributed by atoms with Gasteiger partial charge in [0.15, 0.2) is 0 Å². The van der Waals surface area contributed by atoms with Crippen LogP contribution in [0.5, 0.6) is 0 Å². The van der Waals surface area contributed by atoms with E-state index in [1.54, 1.807) is 4.90 Å². The molecule has 2 amide bonds. The average molecular weight is 408 g/mol. The Morgan fingerprint density at radius 3 is 2.48 bits per heavy atom. The number of amides is 2. The Labute approximate surface area is 168 Å². The fourth-order valence-corrected chi connectivity index (χ4v) is 4.81. The molecule has 1 aromatic carbocycles. The van der Waals surface area contributed by atoms with Crippen molar-refractivity contribution in [3.8, 4) is 0 Å². The Bertz CT molecular complexity index is 779. The number of halogens is 2. The SMILES string of the molecule is C[C@@H]1CCC[C@]2(C1)OC[C@@H](C(=O)N1CCOCC1)N2C(=O)c1cc(F)cc(F)c1.